The van der Waals surface area contributed by atoms with Crippen molar-refractivity contribution in [2.24, 2.45) is 5.92 Å². The minimum Gasteiger partial charge on any atom is -0.247 e. The Morgan fingerprint density at radius 3 is 2.30 bits per heavy atom. The molecule has 60 valence electrons. The molecule has 0 radical (unpaired) electrons. The molecule has 0 unspecified atom stereocenters. The van der Waals surface area contributed by atoms with Crippen molar-refractivity contribution in [3.05, 3.63) is 0 Å². The maximum Gasteiger partial charge on any atom is 0.147 e. The maximum atomic E-state index is 12.1. The minimum atomic E-state index is -2.87. The molecule has 1 aliphatic rings. The SMILES string of the molecule is CS(=O)(=O)CC1CC(F)C1. The molecule has 2 nitrogen and oxygen atoms in total. The molecule has 1 saturated carbocycles. The summed E-state index contributed by atoms with van der Waals surface area (Å²) in [7, 11) is -2.87. The zero-order valence-electron chi connectivity index (χ0n) is 5.88. The zero-order valence-corrected chi connectivity index (χ0v) is 6.70. The van der Waals surface area contributed by atoms with E-state index in [0.29, 0.717) is 12.8 Å². The standard InChI is InChI=1S/C6H11FO2S/c1-10(8,9)4-5-2-6(7)3-5/h5-6H,2-4H2,1H3. The Morgan fingerprint density at radius 1 is 1.50 bits per heavy atom. The van der Waals surface area contributed by atoms with Crippen LogP contribution in [0.5, 0.6) is 0 Å². The van der Waals surface area contributed by atoms with E-state index >= 15 is 0 Å². The number of halogens is 1. The Morgan fingerprint density at radius 2 is 2.00 bits per heavy atom. The predicted octanol–water partition coefficient (Wildman–Crippen LogP) is 0.779. The van der Waals surface area contributed by atoms with Gasteiger partial charge in [0.05, 0.1) is 5.75 Å². The van der Waals surface area contributed by atoms with Crippen LogP contribution >= 0.6 is 0 Å². The van der Waals surface area contributed by atoms with E-state index in [2.05, 4.69) is 0 Å². The van der Waals surface area contributed by atoms with Gasteiger partial charge in [-0.05, 0) is 18.8 Å². The monoisotopic (exact) mass is 166 g/mol. The molecular formula is C6H11FO2S. The van der Waals surface area contributed by atoms with Crippen molar-refractivity contribution in [3.63, 3.8) is 0 Å². The number of hydrogen-bond acceptors (Lipinski definition) is 2. The van der Waals surface area contributed by atoms with Crippen LogP contribution in [0, 0.1) is 5.92 Å². The van der Waals surface area contributed by atoms with Gasteiger partial charge < -0.3 is 0 Å². The van der Waals surface area contributed by atoms with Gasteiger partial charge in [0, 0.05) is 6.26 Å². The van der Waals surface area contributed by atoms with Crippen molar-refractivity contribution < 1.29 is 12.8 Å². The molecule has 1 fully saturated rings. The summed E-state index contributed by atoms with van der Waals surface area (Å²) in [5, 5.41) is 0. The molecule has 0 atom stereocenters. The summed E-state index contributed by atoms with van der Waals surface area (Å²) in [5.74, 6) is 0.248. The van der Waals surface area contributed by atoms with Crippen LogP contribution in [0.25, 0.3) is 0 Å². The third-order valence-electron chi connectivity index (χ3n) is 1.72. The average Bonchev–Trinajstić information content (AvgIpc) is 1.57. The van der Waals surface area contributed by atoms with Gasteiger partial charge in [0.15, 0.2) is 0 Å². The summed E-state index contributed by atoms with van der Waals surface area (Å²) >= 11 is 0. The van der Waals surface area contributed by atoms with Crippen molar-refractivity contribution in [1.29, 1.82) is 0 Å². The van der Waals surface area contributed by atoms with E-state index < -0.39 is 16.0 Å². The van der Waals surface area contributed by atoms with Gasteiger partial charge in [-0.15, -0.1) is 0 Å². The lowest BCUT2D eigenvalue weighted by Gasteiger charge is -2.28. The molecule has 10 heavy (non-hydrogen) atoms. The predicted molar refractivity (Wildman–Crippen MR) is 37.3 cm³/mol. The van der Waals surface area contributed by atoms with E-state index in [9.17, 15) is 12.8 Å². The van der Waals surface area contributed by atoms with Gasteiger partial charge in [0.1, 0.15) is 16.0 Å². The van der Waals surface area contributed by atoms with Gasteiger partial charge in [-0.1, -0.05) is 0 Å². The Hall–Kier alpha value is -0.120. The molecule has 0 aromatic heterocycles. The summed E-state index contributed by atoms with van der Waals surface area (Å²) in [6.07, 6.45) is 1.32. The number of rotatable bonds is 2. The Kier molecular flexibility index (Phi) is 1.99. The molecule has 0 spiro atoms. The van der Waals surface area contributed by atoms with Crippen molar-refractivity contribution >= 4 is 9.84 Å². The molecule has 0 aromatic rings. The zero-order chi connectivity index (χ0) is 7.78. The first-order valence-corrected chi connectivity index (χ1v) is 5.35. The van der Waals surface area contributed by atoms with Crippen molar-refractivity contribution in [1.82, 2.24) is 0 Å². The van der Waals surface area contributed by atoms with Crippen molar-refractivity contribution in [3.8, 4) is 0 Å². The summed E-state index contributed by atoms with van der Waals surface area (Å²) in [6, 6.07) is 0. The van der Waals surface area contributed by atoms with Crippen LogP contribution in [0.4, 0.5) is 4.39 Å². The Balaban J connectivity index is 2.30. The molecule has 0 N–H and O–H groups in total. The van der Waals surface area contributed by atoms with Gasteiger partial charge in [-0.25, -0.2) is 12.8 Å². The van der Waals surface area contributed by atoms with Gasteiger partial charge in [0.2, 0.25) is 0 Å². The van der Waals surface area contributed by atoms with Crippen LogP contribution in [0.15, 0.2) is 0 Å². The highest BCUT2D eigenvalue weighted by atomic mass is 32.2. The van der Waals surface area contributed by atoms with E-state index in [0.717, 1.165) is 0 Å². The number of alkyl halides is 1. The minimum absolute atomic E-state index is 0.0880. The highest BCUT2D eigenvalue weighted by Gasteiger charge is 2.30. The largest absolute Gasteiger partial charge is 0.247 e. The van der Waals surface area contributed by atoms with Crippen molar-refractivity contribution in [2.45, 2.75) is 19.0 Å². The van der Waals surface area contributed by atoms with Gasteiger partial charge in [-0.2, -0.15) is 0 Å². The normalized spacial score (nSPS) is 33.4. The lowest BCUT2D eigenvalue weighted by atomic mass is 9.85. The third-order valence-corrected chi connectivity index (χ3v) is 2.79. The van der Waals surface area contributed by atoms with E-state index in [4.69, 9.17) is 0 Å². The van der Waals surface area contributed by atoms with Gasteiger partial charge in [-0.3, -0.25) is 0 Å². The summed E-state index contributed by atoms with van der Waals surface area (Å²) in [5.41, 5.74) is 0. The molecule has 1 aliphatic carbocycles. The molecule has 0 aliphatic heterocycles. The summed E-state index contributed by atoms with van der Waals surface area (Å²) in [6.45, 7) is 0. The average molecular weight is 166 g/mol. The van der Waals surface area contributed by atoms with E-state index in [-0.39, 0.29) is 11.7 Å². The summed E-state index contributed by atoms with van der Waals surface area (Å²) < 4.78 is 33.4. The first-order valence-electron chi connectivity index (χ1n) is 3.29. The summed E-state index contributed by atoms with van der Waals surface area (Å²) in [4.78, 5) is 0. The number of sulfone groups is 1. The van der Waals surface area contributed by atoms with Crippen molar-refractivity contribution in [2.75, 3.05) is 12.0 Å². The fourth-order valence-corrected chi connectivity index (χ4v) is 2.35. The highest BCUT2D eigenvalue weighted by molar-refractivity contribution is 7.90. The van der Waals surface area contributed by atoms with Crippen LogP contribution in [0.3, 0.4) is 0 Å². The first kappa shape index (κ1) is 7.98. The van der Waals surface area contributed by atoms with Crippen LogP contribution in [0.2, 0.25) is 0 Å². The van der Waals surface area contributed by atoms with Crippen LogP contribution in [-0.2, 0) is 9.84 Å². The highest BCUT2D eigenvalue weighted by Crippen LogP contribution is 2.30. The smallest absolute Gasteiger partial charge is 0.147 e. The fourth-order valence-electron chi connectivity index (χ4n) is 1.22. The molecule has 0 aromatic carbocycles. The molecule has 0 saturated heterocycles. The molecule has 0 amide bonds. The second-order valence-electron chi connectivity index (χ2n) is 3.03. The number of hydrogen-bond donors (Lipinski definition) is 0. The molecule has 4 heteroatoms. The molecular weight excluding hydrogens is 155 g/mol. The van der Waals surface area contributed by atoms with Crippen LogP contribution in [0.1, 0.15) is 12.8 Å². The quantitative estimate of drug-likeness (QED) is 0.607. The van der Waals surface area contributed by atoms with Gasteiger partial charge >= 0.3 is 0 Å². The second-order valence-corrected chi connectivity index (χ2v) is 5.21. The Bertz CT molecular complexity index is 204. The first-order chi connectivity index (χ1) is 4.47. The molecule has 1 rings (SSSR count). The Labute approximate surface area is 60.3 Å². The lowest BCUT2D eigenvalue weighted by molar-refractivity contribution is 0.146. The van der Waals surface area contributed by atoms with E-state index in [1.807, 2.05) is 0 Å². The maximum absolute atomic E-state index is 12.1. The topological polar surface area (TPSA) is 34.1 Å². The van der Waals surface area contributed by atoms with Crippen LogP contribution < -0.4 is 0 Å². The van der Waals surface area contributed by atoms with E-state index in [1.54, 1.807) is 0 Å². The van der Waals surface area contributed by atoms with E-state index in [1.165, 1.54) is 6.26 Å². The molecule has 0 heterocycles. The third kappa shape index (κ3) is 2.25. The fraction of sp³-hybridized carbons (Fsp3) is 1.00. The molecule has 0 bridgehead atoms. The van der Waals surface area contributed by atoms with Crippen LogP contribution in [-0.4, -0.2) is 26.6 Å². The lowest BCUT2D eigenvalue weighted by Crippen LogP contribution is -2.30. The van der Waals surface area contributed by atoms with Gasteiger partial charge in [0.25, 0.3) is 0 Å². The second kappa shape index (κ2) is 2.49.